The van der Waals surface area contributed by atoms with E-state index in [2.05, 4.69) is 21.2 Å². The van der Waals surface area contributed by atoms with Gasteiger partial charge in [-0.1, -0.05) is 15.9 Å². The van der Waals surface area contributed by atoms with E-state index >= 15 is 0 Å². The topological polar surface area (TPSA) is 66.4 Å². The Morgan fingerprint density at radius 3 is 2.75 bits per heavy atom. The lowest BCUT2D eigenvalue weighted by atomic mass is 10.2. The van der Waals surface area contributed by atoms with Crippen LogP contribution in [0.4, 0.5) is 4.39 Å². The normalized spacial score (nSPS) is 9.88. The number of amides is 1. The Kier molecular flexibility index (Phi) is 4.42. The van der Waals surface area contributed by atoms with Crippen molar-refractivity contribution in [3.8, 4) is 0 Å². The number of halogens is 2. The fraction of sp³-hybridized carbons (Fsp3) is 0.200. The molecule has 0 aliphatic rings. The van der Waals surface area contributed by atoms with Crippen LogP contribution in [0.1, 0.15) is 12.0 Å². The zero-order valence-corrected chi connectivity index (χ0v) is 9.75. The third-order valence-corrected chi connectivity index (χ3v) is 2.29. The minimum absolute atomic E-state index is 0.0304. The number of carbonyl (C=O) groups is 2. The number of carboxylic acids is 1. The fourth-order valence-electron chi connectivity index (χ4n) is 1.07. The fourth-order valence-corrected chi connectivity index (χ4v) is 1.48. The number of hydrogen-bond donors (Lipinski definition) is 2. The number of aliphatic carboxylic acids is 1. The molecule has 86 valence electrons. The molecule has 0 saturated carbocycles. The van der Waals surface area contributed by atoms with E-state index in [4.69, 9.17) is 5.11 Å². The Morgan fingerprint density at radius 2 is 2.12 bits per heavy atom. The van der Waals surface area contributed by atoms with Crippen LogP contribution in [0.25, 0.3) is 0 Å². The first-order chi connectivity index (χ1) is 7.49. The van der Waals surface area contributed by atoms with E-state index in [1.165, 1.54) is 18.2 Å². The number of carboxylic acid groups (broad SMARTS) is 1. The largest absolute Gasteiger partial charge is 0.481 e. The van der Waals surface area contributed by atoms with Crippen molar-refractivity contribution in [2.75, 3.05) is 0 Å². The maximum atomic E-state index is 13.2. The van der Waals surface area contributed by atoms with E-state index in [1.54, 1.807) is 0 Å². The van der Waals surface area contributed by atoms with Crippen LogP contribution in [-0.4, -0.2) is 17.0 Å². The Morgan fingerprint density at radius 1 is 1.44 bits per heavy atom. The number of rotatable bonds is 4. The minimum Gasteiger partial charge on any atom is -0.481 e. The van der Waals surface area contributed by atoms with Crippen molar-refractivity contribution in [1.82, 2.24) is 5.32 Å². The smallest absolute Gasteiger partial charge is 0.312 e. The summed E-state index contributed by atoms with van der Waals surface area (Å²) in [5.74, 6) is -2.31. The molecule has 16 heavy (non-hydrogen) atoms. The van der Waals surface area contributed by atoms with Crippen LogP contribution in [0.3, 0.4) is 0 Å². The van der Waals surface area contributed by atoms with Crippen LogP contribution < -0.4 is 5.32 Å². The minimum atomic E-state index is -1.22. The summed E-state index contributed by atoms with van der Waals surface area (Å²) in [7, 11) is 0. The van der Waals surface area contributed by atoms with Gasteiger partial charge < -0.3 is 10.4 Å². The zero-order valence-electron chi connectivity index (χ0n) is 8.17. The highest BCUT2D eigenvalue weighted by Gasteiger charge is 2.08. The van der Waals surface area contributed by atoms with Crippen molar-refractivity contribution in [2.24, 2.45) is 0 Å². The lowest BCUT2D eigenvalue weighted by Gasteiger charge is -2.05. The molecule has 1 rings (SSSR count). The molecule has 0 aromatic heterocycles. The van der Waals surface area contributed by atoms with Gasteiger partial charge in [0.15, 0.2) is 0 Å². The molecule has 1 amide bonds. The van der Waals surface area contributed by atoms with Gasteiger partial charge in [0.25, 0.3) is 0 Å². The molecule has 0 atom stereocenters. The second kappa shape index (κ2) is 5.60. The highest BCUT2D eigenvalue weighted by molar-refractivity contribution is 9.10. The van der Waals surface area contributed by atoms with Gasteiger partial charge in [-0.15, -0.1) is 0 Å². The van der Waals surface area contributed by atoms with E-state index in [1.807, 2.05) is 0 Å². The number of hydrogen-bond acceptors (Lipinski definition) is 2. The lowest BCUT2D eigenvalue weighted by molar-refractivity contribution is -0.140. The van der Waals surface area contributed by atoms with E-state index in [0.717, 1.165) is 0 Å². The first kappa shape index (κ1) is 12.6. The molecule has 0 radical (unpaired) electrons. The maximum Gasteiger partial charge on any atom is 0.312 e. The van der Waals surface area contributed by atoms with E-state index in [0.29, 0.717) is 10.0 Å². The van der Waals surface area contributed by atoms with Gasteiger partial charge in [0.1, 0.15) is 12.2 Å². The van der Waals surface area contributed by atoms with Gasteiger partial charge in [0, 0.05) is 16.6 Å². The molecule has 0 aliphatic heterocycles. The van der Waals surface area contributed by atoms with E-state index in [-0.39, 0.29) is 6.54 Å². The average Bonchev–Trinajstić information content (AvgIpc) is 2.18. The molecule has 1 aromatic rings. The van der Waals surface area contributed by atoms with Crippen molar-refractivity contribution < 1.29 is 19.1 Å². The summed E-state index contributed by atoms with van der Waals surface area (Å²) in [6.07, 6.45) is -0.615. The molecule has 0 aliphatic carbocycles. The van der Waals surface area contributed by atoms with Gasteiger partial charge in [-0.3, -0.25) is 9.59 Å². The van der Waals surface area contributed by atoms with Crippen molar-refractivity contribution >= 4 is 27.8 Å². The van der Waals surface area contributed by atoms with Crippen LogP contribution in [0.2, 0.25) is 0 Å². The van der Waals surface area contributed by atoms with E-state index in [9.17, 15) is 14.0 Å². The average molecular weight is 290 g/mol. The van der Waals surface area contributed by atoms with E-state index < -0.39 is 24.1 Å². The molecule has 1 aromatic carbocycles. The number of carbonyl (C=O) groups excluding carboxylic acids is 1. The summed E-state index contributed by atoms with van der Waals surface area (Å²) in [6, 6.07) is 4.33. The quantitative estimate of drug-likeness (QED) is 0.829. The number of nitrogens with one attached hydrogen (secondary N) is 1. The molecule has 0 bridgehead atoms. The van der Waals surface area contributed by atoms with Gasteiger partial charge >= 0.3 is 5.97 Å². The third kappa shape index (κ3) is 3.98. The Bertz CT molecular complexity index is 423. The lowest BCUT2D eigenvalue weighted by Crippen LogP contribution is -2.25. The molecule has 2 N–H and O–H groups in total. The molecular weight excluding hydrogens is 281 g/mol. The summed E-state index contributed by atoms with van der Waals surface area (Å²) in [5, 5.41) is 10.7. The van der Waals surface area contributed by atoms with Crippen LogP contribution in [0.15, 0.2) is 22.7 Å². The molecule has 0 unspecified atom stereocenters. The van der Waals surface area contributed by atoms with Crippen molar-refractivity contribution in [1.29, 1.82) is 0 Å². The predicted octanol–water partition coefficient (Wildman–Crippen LogP) is 1.68. The monoisotopic (exact) mass is 289 g/mol. The summed E-state index contributed by atoms with van der Waals surface area (Å²) in [6.45, 7) is -0.0304. The van der Waals surface area contributed by atoms with Crippen molar-refractivity contribution in [3.05, 3.63) is 34.1 Å². The SMILES string of the molecule is O=C(O)CC(=O)NCc1cc(Br)ccc1F. The highest BCUT2D eigenvalue weighted by atomic mass is 79.9. The maximum absolute atomic E-state index is 13.2. The van der Waals surface area contributed by atoms with Crippen LogP contribution >= 0.6 is 15.9 Å². The van der Waals surface area contributed by atoms with Gasteiger partial charge in [-0.05, 0) is 18.2 Å². The van der Waals surface area contributed by atoms with Gasteiger partial charge in [-0.2, -0.15) is 0 Å². The Balaban J connectivity index is 2.57. The first-order valence-electron chi connectivity index (χ1n) is 4.41. The summed E-state index contributed by atoms with van der Waals surface area (Å²) >= 11 is 3.17. The molecule has 0 heterocycles. The summed E-state index contributed by atoms with van der Waals surface area (Å²) in [5.41, 5.74) is 0.299. The van der Waals surface area contributed by atoms with Gasteiger partial charge in [-0.25, -0.2) is 4.39 Å². The summed E-state index contributed by atoms with van der Waals surface area (Å²) < 4.78 is 13.9. The van der Waals surface area contributed by atoms with Crippen LogP contribution in [-0.2, 0) is 16.1 Å². The van der Waals surface area contributed by atoms with Crippen LogP contribution in [0.5, 0.6) is 0 Å². The van der Waals surface area contributed by atoms with Crippen molar-refractivity contribution in [2.45, 2.75) is 13.0 Å². The molecule has 0 spiro atoms. The highest BCUT2D eigenvalue weighted by Crippen LogP contribution is 2.15. The first-order valence-corrected chi connectivity index (χ1v) is 5.21. The molecule has 0 fully saturated rings. The molecular formula is C10H9BrFNO3. The molecule has 0 saturated heterocycles. The Hall–Kier alpha value is -1.43. The predicted molar refractivity (Wildman–Crippen MR) is 58.2 cm³/mol. The van der Waals surface area contributed by atoms with Crippen LogP contribution in [0, 0.1) is 5.82 Å². The molecule has 4 nitrogen and oxygen atoms in total. The standard InChI is InChI=1S/C10H9BrFNO3/c11-7-1-2-8(12)6(3-7)5-13-9(14)4-10(15)16/h1-3H,4-5H2,(H,13,14)(H,15,16). The Labute approximate surface area is 99.6 Å². The second-order valence-electron chi connectivity index (χ2n) is 3.08. The number of benzene rings is 1. The summed E-state index contributed by atoms with van der Waals surface area (Å²) in [4.78, 5) is 21.2. The van der Waals surface area contributed by atoms with Gasteiger partial charge in [0.2, 0.25) is 5.91 Å². The molecule has 6 heteroatoms. The second-order valence-corrected chi connectivity index (χ2v) is 4.00. The van der Waals surface area contributed by atoms with Crippen molar-refractivity contribution in [3.63, 3.8) is 0 Å². The zero-order chi connectivity index (χ0) is 12.1. The van der Waals surface area contributed by atoms with Gasteiger partial charge in [0.05, 0.1) is 0 Å². The third-order valence-electron chi connectivity index (χ3n) is 1.80.